The number of hydrogen-bond donors (Lipinski definition) is 0. The van der Waals surface area contributed by atoms with Gasteiger partial charge in [-0.1, -0.05) is 0 Å². The van der Waals surface area contributed by atoms with Gasteiger partial charge >= 0.3 is 258 Å². The molecule has 0 atom stereocenters. The van der Waals surface area contributed by atoms with Crippen molar-refractivity contribution in [3.05, 3.63) is 151 Å². The van der Waals surface area contributed by atoms with Crippen LogP contribution in [0.1, 0.15) is 25.0 Å². The van der Waals surface area contributed by atoms with Crippen molar-refractivity contribution < 1.29 is 0 Å². The first kappa shape index (κ1) is 24.9. The molecular weight excluding hydrogens is 585 g/mol. The van der Waals surface area contributed by atoms with Crippen molar-refractivity contribution in [3.63, 3.8) is 0 Å². The Balaban J connectivity index is 1.38. The van der Waals surface area contributed by atoms with Gasteiger partial charge in [-0.3, -0.25) is 0 Å². The topological polar surface area (TPSA) is 3.24 Å². The van der Waals surface area contributed by atoms with Gasteiger partial charge in [0.25, 0.3) is 0 Å². The molecule has 0 amide bonds. The number of benzene rings is 7. The van der Waals surface area contributed by atoms with Gasteiger partial charge in [0, 0.05) is 0 Å². The minimum absolute atomic E-state index is 0.0525. The molecule has 0 saturated heterocycles. The standard InChI is InChI=1S/C41H29NSe/c1-41(2)33-18-9-8-16-32(33)38-34(41)19-11-20-35(38)42(28-13-4-3-5-14-28)36-21-10-17-30-31-25-24-27-23-22-26-12-6-7-15-29(26)37(27)40(31)43-39(30)36/h3-25H,1-2H3. The van der Waals surface area contributed by atoms with Gasteiger partial charge in [-0.25, -0.2) is 0 Å². The summed E-state index contributed by atoms with van der Waals surface area (Å²) in [6.07, 6.45) is 0. The molecule has 0 N–H and O–H groups in total. The Morgan fingerprint density at radius 3 is 2.05 bits per heavy atom. The maximum absolute atomic E-state index is 2.53. The first-order chi connectivity index (χ1) is 21.1. The minimum atomic E-state index is -0.0525. The van der Waals surface area contributed by atoms with E-state index >= 15 is 0 Å². The van der Waals surface area contributed by atoms with Crippen LogP contribution in [0.4, 0.5) is 17.1 Å². The molecule has 0 radical (unpaired) electrons. The summed E-state index contributed by atoms with van der Waals surface area (Å²) in [5.41, 5.74) is 9.16. The molecule has 204 valence electrons. The van der Waals surface area contributed by atoms with Crippen LogP contribution in [0.25, 0.3) is 52.0 Å². The Morgan fingerprint density at radius 1 is 0.488 bits per heavy atom. The van der Waals surface area contributed by atoms with E-state index in [4.69, 9.17) is 0 Å². The van der Waals surface area contributed by atoms with Gasteiger partial charge in [-0.05, 0) is 0 Å². The molecule has 9 rings (SSSR count). The van der Waals surface area contributed by atoms with Crippen LogP contribution in [0.15, 0.2) is 140 Å². The fourth-order valence-electron chi connectivity index (χ4n) is 7.41. The van der Waals surface area contributed by atoms with Crippen LogP contribution in [0, 0.1) is 0 Å². The van der Waals surface area contributed by atoms with E-state index in [0.717, 1.165) is 0 Å². The average Bonchev–Trinajstić information content (AvgIpc) is 3.55. The summed E-state index contributed by atoms with van der Waals surface area (Å²) < 4.78 is 2.96. The van der Waals surface area contributed by atoms with Crippen molar-refractivity contribution in [2.75, 3.05) is 4.90 Å². The van der Waals surface area contributed by atoms with Crippen LogP contribution in [0.2, 0.25) is 0 Å². The number of rotatable bonds is 3. The van der Waals surface area contributed by atoms with Gasteiger partial charge in [0.05, 0.1) is 0 Å². The summed E-state index contributed by atoms with van der Waals surface area (Å²) in [4.78, 5) is 2.53. The molecule has 7 aromatic carbocycles. The molecule has 0 spiro atoms. The van der Waals surface area contributed by atoms with E-state index in [1.54, 1.807) is 0 Å². The Kier molecular flexibility index (Phi) is 5.33. The van der Waals surface area contributed by atoms with Gasteiger partial charge in [0.2, 0.25) is 0 Å². The number of para-hydroxylation sites is 1. The number of fused-ring (bicyclic) bond motifs is 10. The Bertz CT molecular complexity index is 2380. The van der Waals surface area contributed by atoms with Crippen molar-refractivity contribution in [1.29, 1.82) is 0 Å². The molecule has 8 aromatic rings. The van der Waals surface area contributed by atoms with E-state index in [-0.39, 0.29) is 19.9 Å². The van der Waals surface area contributed by atoms with Crippen LogP contribution in [0.3, 0.4) is 0 Å². The normalized spacial score (nSPS) is 13.5. The third-order valence-corrected chi connectivity index (χ3v) is 12.1. The summed E-state index contributed by atoms with van der Waals surface area (Å²) in [6.45, 7) is 4.73. The van der Waals surface area contributed by atoms with Crippen molar-refractivity contribution in [1.82, 2.24) is 0 Å². The Labute approximate surface area is 257 Å². The van der Waals surface area contributed by atoms with Crippen LogP contribution in [-0.4, -0.2) is 14.5 Å². The zero-order valence-corrected chi connectivity index (χ0v) is 25.8. The fourth-order valence-corrected chi connectivity index (χ4v) is 10.3. The quantitative estimate of drug-likeness (QED) is 0.141. The molecule has 0 unspecified atom stereocenters. The van der Waals surface area contributed by atoms with Gasteiger partial charge in [0.15, 0.2) is 0 Å². The summed E-state index contributed by atoms with van der Waals surface area (Å²) in [5.74, 6) is 0. The molecular formula is C41H29NSe. The third kappa shape index (κ3) is 3.51. The van der Waals surface area contributed by atoms with Gasteiger partial charge in [0.1, 0.15) is 0 Å². The van der Waals surface area contributed by atoms with E-state index in [0.29, 0.717) is 0 Å². The number of hydrogen-bond acceptors (Lipinski definition) is 1. The summed E-state index contributed by atoms with van der Waals surface area (Å²) in [5, 5.41) is 8.17. The second kappa shape index (κ2) is 9.19. The molecule has 1 heterocycles. The zero-order valence-electron chi connectivity index (χ0n) is 24.1. The predicted octanol–water partition coefficient (Wildman–Crippen LogP) is 11.1. The SMILES string of the molecule is CC1(C)c2ccccc2-c2c(N(c3ccccc3)c3cccc4c3[se]c3c4ccc4ccc5ccccc5c43)cccc21. The molecule has 0 saturated carbocycles. The molecule has 0 fully saturated rings. The molecule has 2 heteroatoms. The van der Waals surface area contributed by atoms with Crippen LogP contribution in [-0.2, 0) is 5.41 Å². The number of anilines is 3. The summed E-state index contributed by atoms with van der Waals surface area (Å²) in [6, 6.07) is 51.8. The second-order valence-electron chi connectivity index (χ2n) is 12.1. The van der Waals surface area contributed by atoms with Crippen LogP contribution >= 0.6 is 0 Å². The average molecular weight is 615 g/mol. The first-order valence-electron chi connectivity index (χ1n) is 15.0. The summed E-state index contributed by atoms with van der Waals surface area (Å²) >= 11 is 0.146. The summed E-state index contributed by atoms with van der Waals surface area (Å²) in [7, 11) is 0. The first-order valence-corrected chi connectivity index (χ1v) is 16.7. The Hall–Kier alpha value is -4.62. The van der Waals surface area contributed by atoms with E-state index in [1.807, 2.05) is 0 Å². The van der Waals surface area contributed by atoms with Gasteiger partial charge in [-0.15, -0.1) is 0 Å². The molecule has 0 aliphatic heterocycles. The van der Waals surface area contributed by atoms with Crippen LogP contribution in [0.5, 0.6) is 0 Å². The molecule has 1 aliphatic carbocycles. The van der Waals surface area contributed by atoms with Gasteiger partial charge in [-0.2, -0.15) is 0 Å². The van der Waals surface area contributed by atoms with E-state index < -0.39 is 0 Å². The van der Waals surface area contributed by atoms with Crippen molar-refractivity contribution >= 4 is 72.4 Å². The Morgan fingerprint density at radius 2 is 1.14 bits per heavy atom. The predicted molar refractivity (Wildman–Crippen MR) is 186 cm³/mol. The van der Waals surface area contributed by atoms with Crippen LogP contribution < -0.4 is 4.90 Å². The molecule has 1 aromatic heterocycles. The van der Waals surface area contributed by atoms with Crippen molar-refractivity contribution in [2.45, 2.75) is 19.3 Å². The monoisotopic (exact) mass is 615 g/mol. The van der Waals surface area contributed by atoms with E-state index in [1.165, 1.54) is 80.2 Å². The number of nitrogens with zero attached hydrogens (tertiary/aromatic N) is 1. The van der Waals surface area contributed by atoms with E-state index in [9.17, 15) is 0 Å². The maximum atomic E-state index is 2.53. The fraction of sp³-hybridized carbons (Fsp3) is 0.0732. The second-order valence-corrected chi connectivity index (χ2v) is 14.3. The van der Waals surface area contributed by atoms with Crippen molar-refractivity contribution in [2.24, 2.45) is 0 Å². The molecule has 43 heavy (non-hydrogen) atoms. The van der Waals surface area contributed by atoms with Gasteiger partial charge < -0.3 is 0 Å². The van der Waals surface area contributed by atoms with Crippen molar-refractivity contribution in [3.8, 4) is 11.1 Å². The molecule has 1 nitrogen and oxygen atoms in total. The molecule has 0 bridgehead atoms. The molecule has 1 aliphatic rings. The zero-order chi connectivity index (χ0) is 28.7. The third-order valence-electron chi connectivity index (χ3n) is 9.43. The van der Waals surface area contributed by atoms with E-state index in [2.05, 4.69) is 158 Å².